The molecule has 0 atom stereocenters. The zero-order chi connectivity index (χ0) is 16.1. The van der Waals surface area contributed by atoms with Crippen LogP contribution in [0.25, 0.3) is 0 Å². The highest BCUT2D eigenvalue weighted by Gasteiger charge is 2.11. The molecule has 1 aromatic heterocycles. The molecule has 1 heterocycles. The quantitative estimate of drug-likeness (QED) is 0.891. The molecule has 2 N–H and O–H groups in total. The first-order valence-corrected chi connectivity index (χ1v) is 7.11. The van der Waals surface area contributed by atoms with Crippen molar-refractivity contribution in [1.82, 2.24) is 15.3 Å². The Bertz CT molecular complexity index is 673. The van der Waals surface area contributed by atoms with E-state index in [1.807, 2.05) is 13.8 Å². The van der Waals surface area contributed by atoms with Gasteiger partial charge in [-0.05, 0) is 25.0 Å². The van der Waals surface area contributed by atoms with Crippen molar-refractivity contribution in [2.75, 3.05) is 11.9 Å². The van der Waals surface area contributed by atoms with Crippen LogP contribution in [0.5, 0.6) is 0 Å². The van der Waals surface area contributed by atoms with Crippen LogP contribution in [0.3, 0.4) is 0 Å². The molecular formula is C16H19FN4O. The number of aryl methyl sites for hydroxylation is 1. The van der Waals surface area contributed by atoms with Gasteiger partial charge in [-0.25, -0.2) is 14.4 Å². The molecule has 0 saturated heterocycles. The highest BCUT2D eigenvalue weighted by atomic mass is 19.1. The summed E-state index contributed by atoms with van der Waals surface area (Å²) in [4.78, 5) is 20.4. The molecule has 0 radical (unpaired) electrons. The number of para-hydroxylation sites is 1. The van der Waals surface area contributed by atoms with Gasteiger partial charge in [0.15, 0.2) is 0 Å². The van der Waals surface area contributed by atoms with Crippen LogP contribution >= 0.6 is 0 Å². The molecule has 0 unspecified atom stereocenters. The van der Waals surface area contributed by atoms with Gasteiger partial charge in [0.2, 0.25) is 0 Å². The minimum Gasteiger partial charge on any atom is -0.350 e. The summed E-state index contributed by atoms with van der Waals surface area (Å²) in [6, 6.07) is 7.79. The molecule has 2 aromatic rings. The van der Waals surface area contributed by atoms with Crippen molar-refractivity contribution in [3.63, 3.8) is 0 Å². The van der Waals surface area contributed by atoms with Gasteiger partial charge >= 0.3 is 0 Å². The lowest BCUT2D eigenvalue weighted by molar-refractivity contribution is 0.0943. The number of nitrogens with zero attached hydrogens (tertiary/aromatic N) is 2. The number of carbonyl (C=O) groups excluding carboxylic acids is 1. The lowest BCUT2D eigenvalue weighted by Gasteiger charge is -2.10. The van der Waals surface area contributed by atoms with E-state index >= 15 is 0 Å². The Hall–Kier alpha value is -2.50. The Morgan fingerprint density at radius 3 is 2.68 bits per heavy atom. The third-order valence-electron chi connectivity index (χ3n) is 2.88. The summed E-state index contributed by atoms with van der Waals surface area (Å²) in [5, 5.41) is 5.66. The van der Waals surface area contributed by atoms with Crippen LogP contribution in [0.1, 0.15) is 30.2 Å². The minimum absolute atomic E-state index is 0.256. The van der Waals surface area contributed by atoms with Gasteiger partial charge < -0.3 is 10.6 Å². The van der Waals surface area contributed by atoms with Crippen LogP contribution in [0.2, 0.25) is 0 Å². The summed E-state index contributed by atoms with van der Waals surface area (Å²) in [7, 11) is 0. The molecule has 0 aliphatic heterocycles. The maximum Gasteiger partial charge on any atom is 0.270 e. The molecule has 0 fully saturated rings. The molecule has 116 valence electrons. The monoisotopic (exact) mass is 302 g/mol. The molecular weight excluding hydrogens is 283 g/mol. The summed E-state index contributed by atoms with van der Waals surface area (Å²) in [6.45, 7) is 6.27. The Morgan fingerprint density at radius 2 is 2.00 bits per heavy atom. The van der Waals surface area contributed by atoms with E-state index in [2.05, 4.69) is 20.6 Å². The van der Waals surface area contributed by atoms with Crippen molar-refractivity contribution in [2.24, 2.45) is 5.92 Å². The summed E-state index contributed by atoms with van der Waals surface area (Å²) < 4.78 is 13.7. The van der Waals surface area contributed by atoms with Gasteiger partial charge in [-0.1, -0.05) is 26.0 Å². The van der Waals surface area contributed by atoms with Gasteiger partial charge in [0, 0.05) is 12.6 Å². The molecule has 22 heavy (non-hydrogen) atoms. The number of nitrogens with one attached hydrogen (secondary N) is 2. The number of rotatable bonds is 5. The second-order valence-corrected chi connectivity index (χ2v) is 5.39. The topological polar surface area (TPSA) is 66.9 Å². The molecule has 1 amide bonds. The van der Waals surface area contributed by atoms with Crippen LogP contribution < -0.4 is 10.6 Å². The van der Waals surface area contributed by atoms with E-state index in [0.717, 1.165) is 0 Å². The SMILES string of the molecule is Cc1nc(Nc2ccccc2F)cc(C(=O)NCC(C)C)n1. The Balaban J connectivity index is 2.20. The van der Waals surface area contributed by atoms with Crippen LogP contribution in [0, 0.1) is 18.7 Å². The molecule has 1 aromatic carbocycles. The first kappa shape index (κ1) is 15.9. The highest BCUT2D eigenvalue weighted by Crippen LogP contribution is 2.18. The largest absolute Gasteiger partial charge is 0.350 e. The summed E-state index contributed by atoms with van der Waals surface area (Å²) in [5.41, 5.74) is 0.557. The first-order valence-electron chi connectivity index (χ1n) is 7.11. The van der Waals surface area contributed by atoms with E-state index in [1.54, 1.807) is 25.1 Å². The van der Waals surface area contributed by atoms with Gasteiger partial charge in [-0.2, -0.15) is 0 Å². The zero-order valence-corrected chi connectivity index (χ0v) is 12.9. The van der Waals surface area contributed by atoms with E-state index in [9.17, 15) is 9.18 Å². The molecule has 0 aliphatic carbocycles. The molecule has 0 saturated carbocycles. The number of halogens is 1. The van der Waals surface area contributed by atoms with E-state index in [-0.39, 0.29) is 17.4 Å². The van der Waals surface area contributed by atoms with Gasteiger partial charge in [0.05, 0.1) is 5.69 Å². The fraction of sp³-hybridized carbons (Fsp3) is 0.312. The number of hydrogen-bond donors (Lipinski definition) is 2. The normalized spacial score (nSPS) is 10.6. The number of carbonyl (C=O) groups is 1. The third kappa shape index (κ3) is 4.25. The van der Waals surface area contributed by atoms with E-state index in [1.165, 1.54) is 12.1 Å². The second kappa shape index (κ2) is 6.98. The Labute approximate surface area is 129 Å². The van der Waals surface area contributed by atoms with Crippen LogP contribution in [0.15, 0.2) is 30.3 Å². The molecule has 6 heteroatoms. The van der Waals surface area contributed by atoms with E-state index < -0.39 is 0 Å². The van der Waals surface area contributed by atoms with Crippen LogP contribution in [-0.2, 0) is 0 Å². The number of aromatic nitrogens is 2. The highest BCUT2D eigenvalue weighted by molar-refractivity contribution is 5.93. The van der Waals surface area contributed by atoms with Crippen LogP contribution in [-0.4, -0.2) is 22.4 Å². The predicted octanol–water partition coefficient (Wildman–Crippen LogP) is 3.05. The molecule has 0 aliphatic rings. The van der Waals surface area contributed by atoms with Crippen LogP contribution in [0.4, 0.5) is 15.9 Å². The number of amides is 1. The van der Waals surface area contributed by atoms with Crippen molar-refractivity contribution in [3.8, 4) is 0 Å². The van der Waals surface area contributed by atoms with Crippen molar-refractivity contribution < 1.29 is 9.18 Å². The number of benzene rings is 1. The van der Waals surface area contributed by atoms with Gasteiger partial charge in [-0.3, -0.25) is 4.79 Å². The maximum absolute atomic E-state index is 13.7. The molecule has 5 nitrogen and oxygen atoms in total. The third-order valence-corrected chi connectivity index (χ3v) is 2.88. The predicted molar refractivity (Wildman–Crippen MR) is 83.6 cm³/mol. The standard InChI is InChI=1S/C16H19FN4O/c1-10(2)9-18-16(22)14-8-15(20-11(3)19-14)21-13-7-5-4-6-12(13)17/h4-8,10H,9H2,1-3H3,(H,18,22)(H,19,20,21). The molecule has 0 bridgehead atoms. The van der Waals surface area contributed by atoms with Gasteiger partial charge in [0.25, 0.3) is 5.91 Å². The average molecular weight is 302 g/mol. The van der Waals surface area contributed by atoms with Crippen molar-refractivity contribution in [2.45, 2.75) is 20.8 Å². The lowest BCUT2D eigenvalue weighted by atomic mass is 10.2. The number of hydrogen-bond acceptors (Lipinski definition) is 4. The van der Waals surface area contributed by atoms with Crippen molar-refractivity contribution >= 4 is 17.4 Å². The lowest BCUT2D eigenvalue weighted by Crippen LogP contribution is -2.28. The summed E-state index contributed by atoms with van der Waals surface area (Å²) >= 11 is 0. The summed E-state index contributed by atoms with van der Waals surface area (Å²) in [6.07, 6.45) is 0. The number of anilines is 2. The second-order valence-electron chi connectivity index (χ2n) is 5.39. The zero-order valence-electron chi connectivity index (χ0n) is 12.9. The fourth-order valence-corrected chi connectivity index (χ4v) is 1.84. The smallest absolute Gasteiger partial charge is 0.270 e. The molecule has 0 spiro atoms. The van der Waals surface area contributed by atoms with E-state index in [4.69, 9.17) is 0 Å². The Morgan fingerprint density at radius 1 is 1.27 bits per heavy atom. The first-order chi connectivity index (χ1) is 10.5. The van der Waals surface area contributed by atoms with E-state index in [0.29, 0.717) is 29.8 Å². The van der Waals surface area contributed by atoms with Crippen molar-refractivity contribution in [3.05, 3.63) is 47.7 Å². The molecule has 2 rings (SSSR count). The Kier molecular flexibility index (Phi) is 5.04. The minimum atomic E-state index is -0.385. The van der Waals surface area contributed by atoms with Gasteiger partial charge in [-0.15, -0.1) is 0 Å². The fourth-order valence-electron chi connectivity index (χ4n) is 1.84. The van der Waals surface area contributed by atoms with Crippen molar-refractivity contribution in [1.29, 1.82) is 0 Å². The van der Waals surface area contributed by atoms with Gasteiger partial charge in [0.1, 0.15) is 23.2 Å². The maximum atomic E-state index is 13.7. The average Bonchev–Trinajstić information content (AvgIpc) is 2.46. The summed E-state index contributed by atoms with van der Waals surface area (Å²) in [5.74, 6) is 0.520.